The van der Waals surface area contributed by atoms with Gasteiger partial charge in [-0.3, -0.25) is 4.90 Å². The number of halogens is 1. The van der Waals surface area contributed by atoms with Crippen molar-refractivity contribution in [2.75, 3.05) is 13.1 Å². The average Bonchev–Trinajstić information content (AvgIpc) is 3.02. The molecule has 0 spiro atoms. The number of aryl methyl sites for hydroxylation is 1. The van der Waals surface area contributed by atoms with Crippen LogP contribution in [0.5, 0.6) is 0 Å². The Morgan fingerprint density at radius 1 is 1.50 bits per heavy atom. The third-order valence-corrected chi connectivity index (χ3v) is 4.70. The number of aliphatic hydroxyl groups excluding tert-OH is 1. The van der Waals surface area contributed by atoms with Crippen LogP contribution in [0.4, 0.5) is 4.39 Å². The van der Waals surface area contributed by atoms with Crippen LogP contribution < -0.4 is 0 Å². The molecule has 24 heavy (non-hydrogen) atoms. The number of likely N-dealkylation sites (tertiary alicyclic amines) is 1. The van der Waals surface area contributed by atoms with Crippen molar-refractivity contribution in [3.8, 4) is 6.07 Å². The molecule has 0 unspecified atom stereocenters. The summed E-state index contributed by atoms with van der Waals surface area (Å²) in [7, 11) is 1.88. The molecular weight excluding hydrogens is 307 g/mol. The number of aliphatic hydroxyl groups is 1. The first-order valence-electron chi connectivity index (χ1n) is 8.14. The Hall–Kier alpha value is -2.23. The molecule has 0 aliphatic carbocycles. The molecule has 1 aromatic carbocycles. The van der Waals surface area contributed by atoms with Crippen LogP contribution in [0.25, 0.3) is 0 Å². The van der Waals surface area contributed by atoms with Crippen LogP contribution in [-0.4, -0.2) is 32.6 Å². The molecule has 1 saturated heterocycles. The van der Waals surface area contributed by atoms with Gasteiger partial charge in [0.1, 0.15) is 17.7 Å². The number of aromatic nitrogens is 2. The molecule has 3 rings (SSSR count). The molecule has 1 aliphatic heterocycles. The number of hydrogen-bond acceptors (Lipinski definition) is 4. The minimum absolute atomic E-state index is 0.103. The van der Waals surface area contributed by atoms with Crippen molar-refractivity contribution < 1.29 is 9.50 Å². The van der Waals surface area contributed by atoms with Gasteiger partial charge in [-0.25, -0.2) is 9.37 Å². The van der Waals surface area contributed by atoms with Crippen molar-refractivity contribution in [1.82, 2.24) is 14.5 Å². The van der Waals surface area contributed by atoms with Crippen molar-refractivity contribution >= 4 is 0 Å². The lowest BCUT2D eigenvalue weighted by Gasteiger charge is -2.35. The van der Waals surface area contributed by atoms with E-state index in [0.29, 0.717) is 17.9 Å². The van der Waals surface area contributed by atoms with E-state index in [9.17, 15) is 14.8 Å². The SMILES string of the molecule is Cn1ccnc1[C@@H](O)[C@H]1CCCN(Cc2ccc(F)cc2C#N)C1. The number of benzene rings is 1. The highest BCUT2D eigenvalue weighted by atomic mass is 19.1. The van der Waals surface area contributed by atoms with Gasteiger partial charge >= 0.3 is 0 Å². The monoisotopic (exact) mass is 328 g/mol. The smallest absolute Gasteiger partial charge is 0.137 e. The lowest BCUT2D eigenvalue weighted by Crippen LogP contribution is -2.38. The number of rotatable bonds is 4. The van der Waals surface area contributed by atoms with Crippen LogP contribution >= 0.6 is 0 Å². The van der Waals surface area contributed by atoms with E-state index in [1.807, 2.05) is 17.8 Å². The van der Waals surface area contributed by atoms with E-state index in [-0.39, 0.29) is 5.92 Å². The van der Waals surface area contributed by atoms with Gasteiger partial charge in [-0.15, -0.1) is 0 Å². The highest BCUT2D eigenvalue weighted by Gasteiger charge is 2.29. The third-order valence-electron chi connectivity index (χ3n) is 4.70. The van der Waals surface area contributed by atoms with E-state index in [1.54, 1.807) is 12.3 Å². The molecule has 0 amide bonds. The molecule has 2 heterocycles. The van der Waals surface area contributed by atoms with Crippen LogP contribution in [0.2, 0.25) is 0 Å². The summed E-state index contributed by atoms with van der Waals surface area (Å²) in [4.78, 5) is 6.46. The molecule has 6 heteroatoms. The summed E-state index contributed by atoms with van der Waals surface area (Å²) in [6, 6.07) is 6.40. The van der Waals surface area contributed by atoms with Gasteiger partial charge < -0.3 is 9.67 Å². The summed E-state index contributed by atoms with van der Waals surface area (Å²) in [6.45, 7) is 2.23. The molecule has 1 aromatic heterocycles. The summed E-state index contributed by atoms with van der Waals surface area (Å²) in [6.07, 6.45) is 4.85. The first kappa shape index (κ1) is 16.6. The lowest BCUT2D eigenvalue weighted by atomic mass is 9.91. The van der Waals surface area contributed by atoms with Gasteiger partial charge in [-0.05, 0) is 37.1 Å². The topological polar surface area (TPSA) is 65.1 Å². The Morgan fingerprint density at radius 2 is 2.33 bits per heavy atom. The average molecular weight is 328 g/mol. The normalized spacial score (nSPS) is 19.8. The Balaban J connectivity index is 1.70. The maximum atomic E-state index is 13.3. The highest BCUT2D eigenvalue weighted by molar-refractivity contribution is 5.37. The number of nitrogens with zero attached hydrogens (tertiary/aromatic N) is 4. The fraction of sp³-hybridized carbons (Fsp3) is 0.444. The molecule has 1 fully saturated rings. The van der Waals surface area contributed by atoms with Crippen LogP contribution in [0.1, 0.15) is 35.9 Å². The zero-order chi connectivity index (χ0) is 17.1. The Kier molecular flexibility index (Phi) is 4.93. The number of piperidine rings is 1. The van der Waals surface area contributed by atoms with Gasteiger partial charge in [-0.1, -0.05) is 6.07 Å². The summed E-state index contributed by atoms with van der Waals surface area (Å²) in [5.74, 6) is 0.393. The molecule has 126 valence electrons. The molecule has 0 bridgehead atoms. The van der Waals surface area contributed by atoms with Crippen molar-refractivity contribution in [3.63, 3.8) is 0 Å². The van der Waals surface area contributed by atoms with Gasteiger partial charge in [0.2, 0.25) is 0 Å². The zero-order valence-corrected chi connectivity index (χ0v) is 13.7. The molecule has 5 nitrogen and oxygen atoms in total. The van der Waals surface area contributed by atoms with Gasteiger partial charge in [-0.2, -0.15) is 5.26 Å². The maximum absolute atomic E-state index is 13.3. The summed E-state index contributed by atoms with van der Waals surface area (Å²) in [5.41, 5.74) is 1.20. The number of nitriles is 1. The van der Waals surface area contributed by atoms with Crippen LogP contribution in [0, 0.1) is 23.1 Å². The standard InChI is InChI=1S/C18H21FN4O/c1-22-8-6-21-18(22)17(24)14-3-2-7-23(12-14)11-13-4-5-16(19)9-15(13)10-20/h4-6,8-9,14,17,24H,2-3,7,11-12H2,1H3/t14-,17-/m0/s1. The van der Waals surface area contributed by atoms with Crippen molar-refractivity contribution in [2.24, 2.45) is 13.0 Å². The second-order valence-corrected chi connectivity index (χ2v) is 6.39. The predicted molar refractivity (Wildman–Crippen MR) is 87.3 cm³/mol. The van der Waals surface area contributed by atoms with Crippen molar-refractivity contribution in [3.05, 3.63) is 53.4 Å². The van der Waals surface area contributed by atoms with E-state index < -0.39 is 11.9 Å². The van der Waals surface area contributed by atoms with E-state index >= 15 is 0 Å². The first-order chi connectivity index (χ1) is 11.6. The maximum Gasteiger partial charge on any atom is 0.137 e. The molecule has 2 aromatic rings. The molecular formula is C18H21FN4O. The van der Waals surface area contributed by atoms with E-state index in [1.165, 1.54) is 12.1 Å². The fourth-order valence-electron chi connectivity index (χ4n) is 3.40. The molecule has 1 N–H and O–H groups in total. The first-order valence-corrected chi connectivity index (χ1v) is 8.14. The molecule has 1 aliphatic rings. The minimum atomic E-state index is -0.601. The van der Waals surface area contributed by atoms with Crippen LogP contribution in [0.3, 0.4) is 0 Å². The Bertz CT molecular complexity index is 752. The van der Waals surface area contributed by atoms with E-state index in [0.717, 1.165) is 31.5 Å². The van der Waals surface area contributed by atoms with Gasteiger partial charge in [0.05, 0.1) is 11.6 Å². The summed E-state index contributed by atoms with van der Waals surface area (Å²) >= 11 is 0. The molecule has 0 radical (unpaired) electrons. The number of hydrogen-bond donors (Lipinski definition) is 1. The summed E-state index contributed by atoms with van der Waals surface area (Å²) in [5, 5.41) is 19.8. The minimum Gasteiger partial charge on any atom is -0.385 e. The van der Waals surface area contributed by atoms with Gasteiger partial charge in [0, 0.05) is 38.4 Å². The predicted octanol–water partition coefficient (Wildman–Crippen LogP) is 2.38. The molecule has 2 atom stereocenters. The quantitative estimate of drug-likeness (QED) is 0.936. The van der Waals surface area contributed by atoms with Gasteiger partial charge in [0.15, 0.2) is 0 Å². The van der Waals surface area contributed by atoms with Crippen LogP contribution in [0.15, 0.2) is 30.6 Å². The highest BCUT2D eigenvalue weighted by Crippen LogP contribution is 2.29. The lowest BCUT2D eigenvalue weighted by molar-refractivity contribution is 0.0404. The summed E-state index contributed by atoms with van der Waals surface area (Å²) < 4.78 is 15.1. The van der Waals surface area contributed by atoms with Crippen molar-refractivity contribution in [1.29, 1.82) is 5.26 Å². The second-order valence-electron chi connectivity index (χ2n) is 6.39. The Labute approximate surface area is 141 Å². The van der Waals surface area contributed by atoms with Crippen molar-refractivity contribution in [2.45, 2.75) is 25.5 Å². The Morgan fingerprint density at radius 3 is 3.04 bits per heavy atom. The fourth-order valence-corrected chi connectivity index (χ4v) is 3.40. The van der Waals surface area contributed by atoms with Gasteiger partial charge in [0.25, 0.3) is 0 Å². The van der Waals surface area contributed by atoms with Crippen LogP contribution in [-0.2, 0) is 13.6 Å². The number of imidazole rings is 1. The zero-order valence-electron chi connectivity index (χ0n) is 13.7. The van der Waals surface area contributed by atoms with E-state index in [4.69, 9.17) is 0 Å². The molecule has 0 saturated carbocycles. The third kappa shape index (κ3) is 3.48. The van der Waals surface area contributed by atoms with E-state index in [2.05, 4.69) is 16.0 Å². The largest absolute Gasteiger partial charge is 0.385 e. The second kappa shape index (κ2) is 7.12.